The van der Waals surface area contributed by atoms with Gasteiger partial charge in [-0.2, -0.15) is 9.67 Å². The second-order valence-corrected chi connectivity index (χ2v) is 5.79. The van der Waals surface area contributed by atoms with E-state index in [1.165, 1.54) is 10.8 Å². The quantitative estimate of drug-likeness (QED) is 0.591. The fourth-order valence-corrected chi connectivity index (χ4v) is 2.43. The first-order valence-corrected chi connectivity index (χ1v) is 8.73. The molecule has 1 aromatic heterocycles. The first-order valence-electron chi connectivity index (χ1n) is 8.73. The van der Waals surface area contributed by atoms with Gasteiger partial charge in [0.15, 0.2) is 5.82 Å². The molecule has 0 fully saturated rings. The van der Waals surface area contributed by atoms with Crippen molar-refractivity contribution < 1.29 is 14.3 Å². The number of carbonyl (C=O) groups is 1. The number of methoxy groups -OCH3 is 1. The molecule has 138 valence electrons. The zero-order chi connectivity index (χ0) is 19.1. The third-order valence-corrected chi connectivity index (χ3v) is 3.80. The van der Waals surface area contributed by atoms with Crippen molar-refractivity contribution in [2.75, 3.05) is 13.7 Å². The van der Waals surface area contributed by atoms with E-state index < -0.39 is 0 Å². The van der Waals surface area contributed by atoms with E-state index in [1.807, 2.05) is 61.5 Å². The maximum atomic E-state index is 12.7. The van der Waals surface area contributed by atoms with Gasteiger partial charge in [0.1, 0.15) is 5.75 Å². The van der Waals surface area contributed by atoms with E-state index >= 15 is 0 Å². The molecule has 0 spiro atoms. The van der Waals surface area contributed by atoms with Crippen molar-refractivity contribution in [3.05, 3.63) is 66.2 Å². The topological polar surface area (TPSA) is 66.2 Å². The predicted octanol–water partition coefficient (Wildman–Crippen LogP) is 4.10. The number of allylic oxidation sites excluding steroid dienone is 1. The second-order valence-electron chi connectivity index (χ2n) is 5.79. The van der Waals surface area contributed by atoms with Crippen molar-refractivity contribution in [1.29, 1.82) is 0 Å². The van der Waals surface area contributed by atoms with Crippen LogP contribution in [-0.2, 0) is 0 Å². The van der Waals surface area contributed by atoms with Gasteiger partial charge >= 0.3 is 6.01 Å². The first kappa shape index (κ1) is 18.4. The van der Waals surface area contributed by atoms with Crippen molar-refractivity contribution in [3.8, 4) is 23.1 Å². The summed E-state index contributed by atoms with van der Waals surface area (Å²) in [4.78, 5) is 17.1. The molecule has 1 heterocycles. The lowest BCUT2D eigenvalue weighted by molar-refractivity contribution is 0.0954. The Morgan fingerprint density at radius 2 is 1.85 bits per heavy atom. The fraction of sp³-hybridized carbons (Fsp3) is 0.190. The van der Waals surface area contributed by atoms with Crippen molar-refractivity contribution >= 4 is 12.0 Å². The lowest BCUT2D eigenvalue weighted by atomic mass is 10.2. The molecule has 3 aromatic rings. The summed E-state index contributed by atoms with van der Waals surface area (Å²) in [6, 6.07) is 17.1. The van der Waals surface area contributed by atoms with Gasteiger partial charge in [-0.3, -0.25) is 4.79 Å². The van der Waals surface area contributed by atoms with Gasteiger partial charge in [0.2, 0.25) is 0 Å². The highest BCUT2D eigenvalue weighted by molar-refractivity contribution is 5.95. The number of benzene rings is 2. The number of ether oxygens (including phenoxy) is 2. The predicted molar refractivity (Wildman–Crippen MR) is 104 cm³/mol. The van der Waals surface area contributed by atoms with Crippen LogP contribution in [0.5, 0.6) is 11.8 Å². The van der Waals surface area contributed by atoms with Crippen LogP contribution in [0.2, 0.25) is 0 Å². The third-order valence-electron chi connectivity index (χ3n) is 3.80. The Morgan fingerprint density at radius 1 is 1.11 bits per heavy atom. The standard InChI is InChI=1S/C21H21N3O3/c1-3-15-27-21-22-20(17-10-12-18(26-2)13-11-17)24(23-21)19(25)14-9-16-7-5-4-6-8-16/h4-14H,3,15H2,1-2H3/b14-9+. The van der Waals surface area contributed by atoms with Crippen LogP contribution in [0.25, 0.3) is 17.5 Å². The first-order chi connectivity index (χ1) is 13.2. The van der Waals surface area contributed by atoms with Crippen molar-refractivity contribution in [3.63, 3.8) is 0 Å². The molecule has 2 aromatic carbocycles. The molecule has 6 heteroatoms. The summed E-state index contributed by atoms with van der Waals surface area (Å²) in [5.74, 6) is 0.845. The molecule has 0 aliphatic heterocycles. The second kappa shape index (κ2) is 8.80. The van der Waals surface area contributed by atoms with Crippen LogP contribution in [0.1, 0.15) is 23.7 Å². The lowest BCUT2D eigenvalue weighted by Gasteiger charge is -2.03. The molecule has 0 unspecified atom stereocenters. The third kappa shape index (κ3) is 4.61. The molecule has 0 aliphatic carbocycles. The number of hydrogen-bond acceptors (Lipinski definition) is 5. The largest absolute Gasteiger partial charge is 0.497 e. The molecule has 0 bridgehead atoms. The lowest BCUT2D eigenvalue weighted by Crippen LogP contribution is -2.11. The number of hydrogen-bond donors (Lipinski definition) is 0. The van der Waals surface area contributed by atoms with E-state index in [2.05, 4.69) is 10.1 Å². The van der Waals surface area contributed by atoms with Crippen molar-refractivity contribution in [2.24, 2.45) is 0 Å². The Hall–Kier alpha value is -3.41. The SMILES string of the molecule is CCCOc1nc(-c2ccc(OC)cc2)n(C(=O)/C=C/c2ccccc2)n1. The summed E-state index contributed by atoms with van der Waals surface area (Å²) in [6.07, 6.45) is 4.04. The van der Waals surface area contributed by atoms with Gasteiger partial charge in [-0.15, -0.1) is 5.10 Å². The molecule has 6 nitrogen and oxygen atoms in total. The zero-order valence-electron chi connectivity index (χ0n) is 15.3. The normalized spacial score (nSPS) is 10.9. The van der Waals surface area contributed by atoms with Gasteiger partial charge in [0.25, 0.3) is 5.91 Å². The average molecular weight is 363 g/mol. The Labute approximate surface area is 158 Å². The van der Waals surface area contributed by atoms with Crippen LogP contribution >= 0.6 is 0 Å². The smallest absolute Gasteiger partial charge is 0.336 e. The number of aromatic nitrogens is 3. The molecule has 0 atom stereocenters. The summed E-state index contributed by atoms with van der Waals surface area (Å²) < 4.78 is 12.0. The van der Waals surface area contributed by atoms with Crippen LogP contribution in [0, 0.1) is 0 Å². The Kier molecular flexibility index (Phi) is 5.99. The van der Waals surface area contributed by atoms with Gasteiger partial charge in [-0.05, 0) is 42.3 Å². The minimum atomic E-state index is -0.302. The molecule has 0 saturated carbocycles. The van der Waals surface area contributed by atoms with Crippen LogP contribution in [-0.4, -0.2) is 34.4 Å². The highest BCUT2D eigenvalue weighted by Gasteiger charge is 2.17. The molecular formula is C21H21N3O3. The van der Waals surface area contributed by atoms with Crippen LogP contribution in [0.3, 0.4) is 0 Å². The average Bonchev–Trinajstić information content (AvgIpc) is 3.15. The Bertz CT molecular complexity index is 916. The molecule has 0 saturated heterocycles. The van der Waals surface area contributed by atoms with E-state index in [0.29, 0.717) is 12.4 Å². The number of rotatable bonds is 7. The van der Waals surface area contributed by atoms with Gasteiger partial charge in [0, 0.05) is 11.6 Å². The van der Waals surface area contributed by atoms with E-state index in [4.69, 9.17) is 9.47 Å². The fourth-order valence-electron chi connectivity index (χ4n) is 2.43. The van der Waals surface area contributed by atoms with E-state index in [0.717, 1.165) is 23.3 Å². The van der Waals surface area contributed by atoms with E-state index in [9.17, 15) is 4.79 Å². The summed E-state index contributed by atoms with van der Waals surface area (Å²) >= 11 is 0. The Morgan fingerprint density at radius 3 is 2.52 bits per heavy atom. The highest BCUT2D eigenvalue weighted by atomic mass is 16.5. The summed E-state index contributed by atoms with van der Waals surface area (Å²) in [6.45, 7) is 2.48. The summed E-state index contributed by atoms with van der Waals surface area (Å²) in [5.41, 5.74) is 1.68. The maximum Gasteiger partial charge on any atom is 0.336 e. The molecule has 27 heavy (non-hydrogen) atoms. The molecule has 0 N–H and O–H groups in total. The molecular weight excluding hydrogens is 342 g/mol. The number of nitrogens with zero attached hydrogens (tertiary/aromatic N) is 3. The van der Waals surface area contributed by atoms with Crippen LogP contribution in [0.15, 0.2) is 60.7 Å². The highest BCUT2D eigenvalue weighted by Crippen LogP contribution is 2.23. The van der Waals surface area contributed by atoms with Crippen LogP contribution in [0.4, 0.5) is 0 Å². The molecule has 0 aliphatic rings. The van der Waals surface area contributed by atoms with E-state index in [1.54, 1.807) is 13.2 Å². The van der Waals surface area contributed by atoms with E-state index in [-0.39, 0.29) is 11.9 Å². The minimum absolute atomic E-state index is 0.184. The minimum Gasteiger partial charge on any atom is -0.497 e. The monoisotopic (exact) mass is 363 g/mol. The van der Waals surface area contributed by atoms with Gasteiger partial charge in [0.05, 0.1) is 13.7 Å². The molecule has 0 amide bonds. The van der Waals surface area contributed by atoms with Gasteiger partial charge in [-0.1, -0.05) is 37.3 Å². The molecule has 3 rings (SSSR count). The van der Waals surface area contributed by atoms with Crippen LogP contribution < -0.4 is 9.47 Å². The summed E-state index contributed by atoms with van der Waals surface area (Å²) in [7, 11) is 1.60. The maximum absolute atomic E-state index is 12.7. The zero-order valence-corrected chi connectivity index (χ0v) is 15.3. The van der Waals surface area contributed by atoms with Crippen molar-refractivity contribution in [1.82, 2.24) is 14.8 Å². The van der Waals surface area contributed by atoms with Crippen molar-refractivity contribution in [2.45, 2.75) is 13.3 Å². The van der Waals surface area contributed by atoms with Gasteiger partial charge in [-0.25, -0.2) is 0 Å². The molecule has 0 radical (unpaired) electrons. The summed E-state index contributed by atoms with van der Waals surface area (Å²) in [5, 5.41) is 4.23. The Balaban J connectivity index is 1.92. The van der Waals surface area contributed by atoms with Gasteiger partial charge < -0.3 is 9.47 Å². The number of carbonyl (C=O) groups excluding carboxylic acids is 1.